The van der Waals surface area contributed by atoms with E-state index in [4.69, 9.17) is 10.2 Å². The van der Waals surface area contributed by atoms with E-state index >= 15 is 0 Å². The van der Waals surface area contributed by atoms with Crippen LogP contribution in [0.5, 0.6) is 0 Å². The predicted octanol–water partition coefficient (Wildman–Crippen LogP) is 2.52. The maximum absolute atomic E-state index is 11.4. The molecule has 110 valence electrons. The van der Waals surface area contributed by atoms with Crippen molar-refractivity contribution in [3.8, 4) is 11.3 Å². The van der Waals surface area contributed by atoms with Crippen LogP contribution in [0.1, 0.15) is 19.8 Å². The fourth-order valence-corrected chi connectivity index (χ4v) is 2.68. The zero-order valence-electron chi connectivity index (χ0n) is 12.1. The molecule has 2 N–H and O–H groups in total. The average Bonchev–Trinajstić information content (AvgIpc) is 2.47. The molecule has 3 rings (SSSR count). The Bertz CT molecular complexity index is 688. The van der Waals surface area contributed by atoms with Crippen molar-refractivity contribution in [2.75, 3.05) is 23.7 Å². The highest BCUT2D eigenvalue weighted by molar-refractivity contribution is 5.64. The summed E-state index contributed by atoms with van der Waals surface area (Å²) in [6.45, 7) is 4.42. The third kappa shape index (κ3) is 3.07. The lowest BCUT2D eigenvalue weighted by Crippen LogP contribution is -2.32. The number of nitrogens with zero attached hydrogens (tertiary/aromatic N) is 2. The van der Waals surface area contributed by atoms with Crippen LogP contribution < -0.4 is 16.2 Å². The highest BCUT2D eigenvalue weighted by Crippen LogP contribution is 2.27. The third-order valence-corrected chi connectivity index (χ3v) is 3.97. The second kappa shape index (κ2) is 5.60. The van der Waals surface area contributed by atoms with Crippen LogP contribution >= 0.6 is 0 Å². The third-order valence-electron chi connectivity index (χ3n) is 3.97. The van der Waals surface area contributed by atoms with Crippen molar-refractivity contribution in [3.05, 3.63) is 40.7 Å². The molecule has 0 atom stereocenters. The van der Waals surface area contributed by atoms with Crippen LogP contribution in [0.3, 0.4) is 0 Å². The molecule has 0 radical (unpaired) electrons. The summed E-state index contributed by atoms with van der Waals surface area (Å²) in [5.41, 5.74) is 7.12. The van der Waals surface area contributed by atoms with Crippen LogP contribution in [0.15, 0.2) is 39.5 Å². The van der Waals surface area contributed by atoms with Gasteiger partial charge in [0.05, 0.1) is 0 Å². The van der Waals surface area contributed by atoms with Gasteiger partial charge in [-0.25, -0.2) is 0 Å². The molecule has 2 heterocycles. The number of rotatable bonds is 2. The lowest BCUT2D eigenvalue weighted by atomic mass is 9.98. The van der Waals surface area contributed by atoms with Crippen molar-refractivity contribution in [1.29, 1.82) is 0 Å². The van der Waals surface area contributed by atoms with Gasteiger partial charge in [-0.05, 0) is 30.9 Å². The van der Waals surface area contributed by atoms with E-state index in [1.165, 1.54) is 18.9 Å². The molecule has 2 aromatic rings. The molecule has 0 saturated carbocycles. The summed E-state index contributed by atoms with van der Waals surface area (Å²) in [5.74, 6) is 1.25. The first-order valence-corrected chi connectivity index (χ1v) is 7.25. The number of piperidine rings is 1. The number of aromatic nitrogens is 1. The Kier molecular flexibility index (Phi) is 3.64. The molecule has 1 aliphatic rings. The summed E-state index contributed by atoms with van der Waals surface area (Å²) < 4.78 is 5.35. The minimum atomic E-state index is -0.383. The summed E-state index contributed by atoms with van der Waals surface area (Å²) >= 11 is 0. The van der Waals surface area contributed by atoms with Crippen molar-refractivity contribution in [2.24, 2.45) is 5.92 Å². The molecule has 0 spiro atoms. The van der Waals surface area contributed by atoms with Crippen LogP contribution in [-0.4, -0.2) is 18.1 Å². The molecule has 5 heteroatoms. The van der Waals surface area contributed by atoms with E-state index in [1.807, 2.05) is 18.2 Å². The Morgan fingerprint density at radius 1 is 1.29 bits per heavy atom. The number of nitrogen functional groups attached to an aromatic ring is 1. The molecule has 0 bridgehead atoms. The van der Waals surface area contributed by atoms with Crippen LogP contribution in [0.25, 0.3) is 11.3 Å². The second-order valence-corrected chi connectivity index (χ2v) is 5.62. The van der Waals surface area contributed by atoms with E-state index in [9.17, 15) is 4.79 Å². The molecule has 21 heavy (non-hydrogen) atoms. The summed E-state index contributed by atoms with van der Waals surface area (Å²) in [4.78, 5) is 17.3. The van der Waals surface area contributed by atoms with Crippen LogP contribution in [-0.2, 0) is 0 Å². The van der Waals surface area contributed by atoms with E-state index in [2.05, 4.69) is 22.9 Å². The van der Waals surface area contributed by atoms with Gasteiger partial charge < -0.3 is 15.1 Å². The first-order valence-electron chi connectivity index (χ1n) is 7.25. The zero-order valence-corrected chi connectivity index (χ0v) is 12.1. The van der Waals surface area contributed by atoms with Gasteiger partial charge in [-0.2, -0.15) is 4.98 Å². The first-order chi connectivity index (χ1) is 10.1. The van der Waals surface area contributed by atoms with Gasteiger partial charge in [-0.3, -0.25) is 4.79 Å². The summed E-state index contributed by atoms with van der Waals surface area (Å²) in [6, 6.07) is 9.27. The largest absolute Gasteiger partial charge is 0.425 e. The van der Waals surface area contributed by atoms with Crippen molar-refractivity contribution in [1.82, 2.24) is 4.98 Å². The second-order valence-electron chi connectivity index (χ2n) is 5.62. The minimum Gasteiger partial charge on any atom is -0.425 e. The molecule has 5 nitrogen and oxygen atoms in total. The maximum Gasteiger partial charge on any atom is 0.295 e. The quantitative estimate of drug-likeness (QED) is 0.918. The van der Waals surface area contributed by atoms with Crippen LogP contribution in [0, 0.1) is 5.92 Å². The van der Waals surface area contributed by atoms with Crippen LogP contribution in [0.4, 0.5) is 11.7 Å². The molecular formula is C16H19N3O2. The highest BCUT2D eigenvalue weighted by atomic mass is 16.4. The van der Waals surface area contributed by atoms with Crippen LogP contribution in [0.2, 0.25) is 0 Å². The number of anilines is 2. The molecule has 0 unspecified atom stereocenters. The Morgan fingerprint density at radius 2 is 2.05 bits per heavy atom. The SMILES string of the molecule is CC1CCN(c2cccc(-c3cc(=O)nc(N)o3)c2)CC1. The summed E-state index contributed by atoms with van der Waals surface area (Å²) in [5, 5.41) is 0. The van der Waals surface area contributed by atoms with Gasteiger partial charge in [0.1, 0.15) is 5.76 Å². The molecule has 1 aromatic heterocycles. The van der Waals surface area contributed by atoms with E-state index in [0.29, 0.717) is 5.76 Å². The van der Waals surface area contributed by atoms with Gasteiger partial charge >= 0.3 is 0 Å². The fourth-order valence-electron chi connectivity index (χ4n) is 2.68. The lowest BCUT2D eigenvalue weighted by molar-refractivity contribution is 0.438. The molecule has 1 aromatic carbocycles. The molecule has 0 amide bonds. The van der Waals surface area contributed by atoms with E-state index in [0.717, 1.165) is 30.3 Å². The van der Waals surface area contributed by atoms with Crippen molar-refractivity contribution in [3.63, 3.8) is 0 Å². The van der Waals surface area contributed by atoms with Gasteiger partial charge in [-0.15, -0.1) is 0 Å². The smallest absolute Gasteiger partial charge is 0.295 e. The van der Waals surface area contributed by atoms with Crippen molar-refractivity contribution < 1.29 is 4.42 Å². The number of hydrogen-bond donors (Lipinski definition) is 1. The van der Waals surface area contributed by atoms with Gasteiger partial charge in [0, 0.05) is 30.4 Å². The topological polar surface area (TPSA) is 72.4 Å². The molecule has 1 aliphatic heterocycles. The minimum absolute atomic E-state index is 0.102. The Morgan fingerprint density at radius 3 is 2.76 bits per heavy atom. The van der Waals surface area contributed by atoms with Gasteiger partial charge in [-0.1, -0.05) is 19.1 Å². The predicted molar refractivity (Wildman–Crippen MR) is 83.2 cm³/mol. The number of benzene rings is 1. The van der Waals surface area contributed by atoms with Crippen molar-refractivity contribution in [2.45, 2.75) is 19.8 Å². The molecular weight excluding hydrogens is 266 g/mol. The zero-order chi connectivity index (χ0) is 14.8. The monoisotopic (exact) mass is 285 g/mol. The van der Waals surface area contributed by atoms with E-state index < -0.39 is 0 Å². The average molecular weight is 285 g/mol. The highest BCUT2D eigenvalue weighted by Gasteiger charge is 2.16. The van der Waals surface area contributed by atoms with E-state index in [-0.39, 0.29) is 11.6 Å². The van der Waals surface area contributed by atoms with Gasteiger partial charge in [0.25, 0.3) is 11.6 Å². The van der Waals surface area contributed by atoms with Gasteiger partial charge in [0.15, 0.2) is 0 Å². The molecule has 1 saturated heterocycles. The summed E-state index contributed by atoms with van der Waals surface area (Å²) in [6.07, 6.45) is 2.42. The number of hydrogen-bond acceptors (Lipinski definition) is 5. The summed E-state index contributed by atoms with van der Waals surface area (Å²) in [7, 11) is 0. The van der Waals surface area contributed by atoms with Crippen molar-refractivity contribution >= 4 is 11.7 Å². The van der Waals surface area contributed by atoms with Gasteiger partial charge in [0.2, 0.25) is 0 Å². The number of nitrogens with two attached hydrogens (primary N) is 1. The Balaban J connectivity index is 1.91. The van der Waals surface area contributed by atoms with E-state index in [1.54, 1.807) is 0 Å². The Labute approximate surface area is 123 Å². The fraction of sp³-hybridized carbons (Fsp3) is 0.375. The normalized spacial score (nSPS) is 16.1. The first kappa shape index (κ1) is 13.7. The molecule has 1 fully saturated rings. The standard InChI is InChI=1S/C16H19N3O2/c1-11-5-7-19(8-6-11)13-4-2-3-12(9-13)14-10-15(20)18-16(17)21-14/h2-4,9-11H,5-8H2,1H3,(H2,17,18,20). The Hall–Kier alpha value is -2.30. The lowest BCUT2D eigenvalue weighted by Gasteiger charge is -2.32. The molecule has 0 aliphatic carbocycles. The maximum atomic E-state index is 11.4.